The third kappa shape index (κ3) is 4.68. The summed E-state index contributed by atoms with van der Waals surface area (Å²) in [5.41, 5.74) is 6.92. The van der Waals surface area contributed by atoms with Gasteiger partial charge in [0, 0.05) is 37.4 Å². The molecule has 1 atom stereocenters. The average Bonchev–Trinajstić information content (AvgIpc) is 2.30. The number of hydrogen-bond acceptors (Lipinski definition) is 4. The van der Waals surface area contributed by atoms with Crippen LogP contribution in [0.25, 0.3) is 0 Å². The number of nitrogens with zero attached hydrogens (tertiary/aromatic N) is 2. The molecule has 0 spiro atoms. The first-order valence-corrected chi connectivity index (χ1v) is 5.90. The molecule has 90 valence electrons. The summed E-state index contributed by atoms with van der Waals surface area (Å²) in [5.74, 6) is 0.842. The third-order valence-corrected chi connectivity index (χ3v) is 2.43. The minimum atomic E-state index is 0.189. The van der Waals surface area contributed by atoms with E-state index in [4.69, 9.17) is 10.5 Å². The number of hydrogen-bond donors (Lipinski definition) is 1. The summed E-state index contributed by atoms with van der Waals surface area (Å²) in [6.45, 7) is 5.49. The lowest BCUT2D eigenvalue weighted by molar-refractivity contribution is 0.149. The van der Waals surface area contributed by atoms with Crippen LogP contribution in [0.4, 0.5) is 0 Å². The van der Waals surface area contributed by atoms with Gasteiger partial charge in [0.25, 0.3) is 0 Å². The summed E-state index contributed by atoms with van der Waals surface area (Å²) in [6, 6.07) is 2.12. The molecule has 1 unspecified atom stereocenters. The molecular weight excluding hydrogens is 202 g/mol. The second-order valence-corrected chi connectivity index (χ2v) is 3.78. The van der Waals surface area contributed by atoms with E-state index in [1.807, 2.05) is 13.0 Å². The van der Waals surface area contributed by atoms with Crippen molar-refractivity contribution in [2.75, 3.05) is 13.2 Å². The molecule has 0 saturated carbocycles. The number of ether oxygens (including phenoxy) is 1. The summed E-state index contributed by atoms with van der Waals surface area (Å²) < 4.78 is 5.27. The molecule has 0 radical (unpaired) electrons. The summed E-state index contributed by atoms with van der Waals surface area (Å²) in [4.78, 5) is 8.67. The van der Waals surface area contributed by atoms with E-state index < -0.39 is 0 Å². The van der Waals surface area contributed by atoms with Gasteiger partial charge < -0.3 is 10.5 Å². The molecule has 1 aromatic rings. The molecule has 0 aromatic carbocycles. The minimum absolute atomic E-state index is 0.189. The molecule has 0 saturated heterocycles. The van der Waals surface area contributed by atoms with Gasteiger partial charge in [-0.25, -0.2) is 9.97 Å². The van der Waals surface area contributed by atoms with E-state index in [0.29, 0.717) is 6.61 Å². The third-order valence-electron chi connectivity index (χ3n) is 2.43. The second kappa shape index (κ2) is 7.30. The van der Waals surface area contributed by atoms with Crippen molar-refractivity contribution in [1.82, 2.24) is 9.97 Å². The van der Waals surface area contributed by atoms with E-state index in [1.54, 1.807) is 6.20 Å². The van der Waals surface area contributed by atoms with Gasteiger partial charge in [-0.2, -0.15) is 0 Å². The topological polar surface area (TPSA) is 61.0 Å². The molecule has 1 aromatic heterocycles. The Labute approximate surface area is 97.2 Å². The van der Waals surface area contributed by atoms with Crippen molar-refractivity contribution in [3.63, 3.8) is 0 Å². The van der Waals surface area contributed by atoms with Crippen LogP contribution >= 0.6 is 0 Å². The molecule has 0 amide bonds. The van der Waals surface area contributed by atoms with Gasteiger partial charge in [-0.1, -0.05) is 6.92 Å². The lowest BCUT2D eigenvalue weighted by Gasteiger charge is -2.08. The Kier molecular flexibility index (Phi) is 5.96. The maximum atomic E-state index is 5.89. The first-order chi connectivity index (χ1) is 7.76. The quantitative estimate of drug-likeness (QED) is 0.708. The van der Waals surface area contributed by atoms with E-state index in [2.05, 4.69) is 16.9 Å². The van der Waals surface area contributed by atoms with Gasteiger partial charge in [0.05, 0.1) is 6.61 Å². The van der Waals surface area contributed by atoms with Crippen molar-refractivity contribution >= 4 is 0 Å². The predicted octanol–water partition coefficient (Wildman–Crippen LogP) is 1.34. The largest absolute Gasteiger partial charge is 0.381 e. The zero-order chi connectivity index (χ0) is 11.8. The molecule has 2 N–H and O–H groups in total. The maximum absolute atomic E-state index is 5.89. The van der Waals surface area contributed by atoms with Crippen LogP contribution in [0.5, 0.6) is 0 Å². The fraction of sp³-hybridized carbons (Fsp3) is 0.667. The van der Waals surface area contributed by atoms with Crippen LogP contribution in [0, 0.1) is 0 Å². The molecule has 16 heavy (non-hydrogen) atoms. The highest BCUT2D eigenvalue weighted by Gasteiger charge is 2.04. The van der Waals surface area contributed by atoms with E-state index in [9.17, 15) is 0 Å². The van der Waals surface area contributed by atoms with Crippen LogP contribution in [0.3, 0.4) is 0 Å². The lowest BCUT2D eigenvalue weighted by Crippen LogP contribution is -2.22. The SMILES string of the molecule is CCOCCc1nccc(CC(N)CC)n1. The normalized spacial score (nSPS) is 12.7. The molecule has 4 heteroatoms. The van der Waals surface area contributed by atoms with Crippen molar-refractivity contribution in [1.29, 1.82) is 0 Å². The molecule has 0 bridgehead atoms. The van der Waals surface area contributed by atoms with Crippen LogP contribution < -0.4 is 5.73 Å². The predicted molar refractivity (Wildman–Crippen MR) is 64.2 cm³/mol. The van der Waals surface area contributed by atoms with E-state index in [1.165, 1.54) is 0 Å². The highest BCUT2D eigenvalue weighted by Crippen LogP contribution is 2.02. The monoisotopic (exact) mass is 223 g/mol. The highest BCUT2D eigenvalue weighted by atomic mass is 16.5. The summed E-state index contributed by atoms with van der Waals surface area (Å²) in [6.07, 6.45) is 4.36. The van der Waals surface area contributed by atoms with Gasteiger partial charge in [-0.05, 0) is 19.4 Å². The van der Waals surface area contributed by atoms with Gasteiger partial charge >= 0.3 is 0 Å². The fourth-order valence-corrected chi connectivity index (χ4v) is 1.40. The van der Waals surface area contributed by atoms with Gasteiger partial charge in [0.2, 0.25) is 0 Å². The average molecular weight is 223 g/mol. The van der Waals surface area contributed by atoms with Crippen LogP contribution in [-0.2, 0) is 17.6 Å². The van der Waals surface area contributed by atoms with Gasteiger partial charge in [0.15, 0.2) is 0 Å². The van der Waals surface area contributed by atoms with E-state index in [0.717, 1.165) is 37.4 Å². The highest BCUT2D eigenvalue weighted by molar-refractivity contribution is 5.04. The minimum Gasteiger partial charge on any atom is -0.381 e. The molecule has 0 aliphatic rings. The molecule has 0 fully saturated rings. The summed E-state index contributed by atoms with van der Waals surface area (Å²) >= 11 is 0. The fourth-order valence-electron chi connectivity index (χ4n) is 1.40. The van der Waals surface area contributed by atoms with E-state index in [-0.39, 0.29) is 6.04 Å². The summed E-state index contributed by atoms with van der Waals surface area (Å²) in [7, 11) is 0. The van der Waals surface area contributed by atoms with Crippen molar-refractivity contribution in [3.8, 4) is 0 Å². The van der Waals surface area contributed by atoms with Crippen molar-refractivity contribution in [2.24, 2.45) is 5.73 Å². The van der Waals surface area contributed by atoms with Crippen LogP contribution in [0.1, 0.15) is 31.8 Å². The smallest absolute Gasteiger partial charge is 0.130 e. The van der Waals surface area contributed by atoms with Crippen molar-refractivity contribution in [3.05, 3.63) is 23.8 Å². The first kappa shape index (κ1) is 13.1. The van der Waals surface area contributed by atoms with Crippen molar-refractivity contribution in [2.45, 2.75) is 39.2 Å². The van der Waals surface area contributed by atoms with E-state index >= 15 is 0 Å². The first-order valence-electron chi connectivity index (χ1n) is 5.90. The Morgan fingerprint density at radius 3 is 2.94 bits per heavy atom. The second-order valence-electron chi connectivity index (χ2n) is 3.78. The van der Waals surface area contributed by atoms with Gasteiger partial charge in [-0.3, -0.25) is 0 Å². The molecular formula is C12H21N3O. The van der Waals surface area contributed by atoms with Gasteiger partial charge in [0.1, 0.15) is 5.82 Å². The zero-order valence-electron chi connectivity index (χ0n) is 10.1. The molecule has 1 rings (SSSR count). The Hall–Kier alpha value is -1.00. The summed E-state index contributed by atoms with van der Waals surface area (Å²) in [5, 5.41) is 0. The lowest BCUT2D eigenvalue weighted by atomic mass is 10.1. The Balaban J connectivity index is 2.50. The van der Waals surface area contributed by atoms with Crippen molar-refractivity contribution < 1.29 is 4.74 Å². The standard InChI is InChI=1S/C12H21N3O/c1-3-10(13)9-11-5-7-14-12(15-11)6-8-16-4-2/h5,7,10H,3-4,6,8-9,13H2,1-2H3. The van der Waals surface area contributed by atoms with Crippen LogP contribution in [-0.4, -0.2) is 29.2 Å². The van der Waals surface area contributed by atoms with Gasteiger partial charge in [-0.15, -0.1) is 0 Å². The van der Waals surface area contributed by atoms with Crippen LogP contribution in [0.2, 0.25) is 0 Å². The molecule has 0 aliphatic heterocycles. The Bertz CT molecular complexity index is 304. The zero-order valence-corrected chi connectivity index (χ0v) is 10.1. The maximum Gasteiger partial charge on any atom is 0.130 e. The Morgan fingerprint density at radius 2 is 2.25 bits per heavy atom. The number of rotatable bonds is 7. The number of nitrogens with two attached hydrogens (primary N) is 1. The molecule has 0 aliphatic carbocycles. The van der Waals surface area contributed by atoms with Crippen LogP contribution in [0.15, 0.2) is 12.3 Å². The number of aromatic nitrogens is 2. The Morgan fingerprint density at radius 1 is 1.44 bits per heavy atom. The molecule has 4 nitrogen and oxygen atoms in total. The molecule has 1 heterocycles.